The lowest BCUT2D eigenvalue weighted by atomic mass is 10.0. The van der Waals surface area contributed by atoms with E-state index >= 15 is 0 Å². The Labute approximate surface area is 348 Å². The van der Waals surface area contributed by atoms with Gasteiger partial charge in [0.2, 0.25) is 0 Å². The van der Waals surface area contributed by atoms with Crippen molar-refractivity contribution in [2.45, 2.75) is 147 Å². The van der Waals surface area contributed by atoms with Gasteiger partial charge in [-0.1, -0.05) is 127 Å². The molecule has 13 nitrogen and oxygen atoms in total. The van der Waals surface area contributed by atoms with Gasteiger partial charge in [0.25, 0.3) is 21.8 Å². The average molecular weight is 842 g/mol. The van der Waals surface area contributed by atoms with Gasteiger partial charge in [-0.05, 0) is 57.5 Å². The maximum atomic E-state index is 14.2. The summed E-state index contributed by atoms with van der Waals surface area (Å²) >= 11 is 6.23. The van der Waals surface area contributed by atoms with Crippen LogP contribution in [0.4, 0.5) is 16.2 Å². The highest BCUT2D eigenvalue weighted by Gasteiger charge is 2.54. The first-order chi connectivity index (χ1) is 27.7. The van der Waals surface area contributed by atoms with Crippen molar-refractivity contribution < 1.29 is 37.1 Å². The summed E-state index contributed by atoms with van der Waals surface area (Å²) in [5, 5.41) is 6.95. The molecule has 0 saturated carbocycles. The topological polar surface area (TPSA) is 166 Å². The number of ketones is 1. The Hall–Kier alpha value is -4.43. The van der Waals surface area contributed by atoms with Crippen LogP contribution in [-0.4, -0.2) is 65.0 Å². The molecular weight excluding hydrogens is 782 g/mol. The number of hydrogen-bond donors (Lipinski definition) is 2. The van der Waals surface area contributed by atoms with Crippen LogP contribution in [0.3, 0.4) is 0 Å². The molecule has 1 fully saturated rings. The zero-order valence-electron chi connectivity index (χ0n) is 34.6. The number of hydrogen-bond acceptors (Lipinski definition) is 9. The van der Waals surface area contributed by atoms with Gasteiger partial charge in [0.15, 0.2) is 17.4 Å². The molecule has 0 bridgehead atoms. The third-order valence-electron chi connectivity index (χ3n) is 10.2. The van der Waals surface area contributed by atoms with E-state index in [1.807, 2.05) is 0 Å². The number of imide groups is 1. The number of Topliss-reactive ketones (excluding diaryl/α,β-unsaturated/α-hetero) is 1. The van der Waals surface area contributed by atoms with Crippen LogP contribution in [-0.2, 0) is 31.4 Å². The van der Waals surface area contributed by atoms with Crippen LogP contribution in [0.25, 0.3) is 0 Å². The van der Waals surface area contributed by atoms with Crippen molar-refractivity contribution in [3.8, 4) is 5.75 Å². The van der Waals surface area contributed by atoms with Gasteiger partial charge in [0.1, 0.15) is 5.75 Å². The van der Waals surface area contributed by atoms with Crippen molar-refractivity contribution >= 4 is 56.7 Å². The first kappa shape index (κ1) is 46.3. The van der Waals surface area contributed by atoms with Gasteiger partial charge in [-0.25, -0.2) is 18.1 Å². The number of cyclic esters (lactones) is 1. The van der Waals surface area contributed by atoms with E-state index in [0.29, 0.717) is 11.3 Å². The second-order valence-electron chi connectivity index (χ2n) is 15.5. The van der Waals surface area contributed by atoms with E-state index < -0.39 is 45.4 Å². The number of ether oxygens (including phenoxy) is 2. The Morgan fingerprint density at radius 1 is 0.862 bits per heavy atom. The fraction of sp³-hybridized carbons (Fsp3) is 0.558. The Bertz CT molecular complexity index is 1980. The van der Waals surface area contributed by atoms with E-state index in [1.54, 1.807) is 26.1 Å². The van der Waals surface area contributed by atoms with Crippen LogP contribution < -0.4 is 14.8 Å². The molecule has 1 atom stereocenters. The summed E-state index contributed by atoms with van der Waals surface area (Å²) in [7, 11) is -2.67. The number of nitrogens with zero attached hydrogens (tertiary/aromatic N) is 3. The molecule has 1 unspecified atom stereocenters. The lowest BCUT2D eigenvalue weighted by molar-refractivity contribution is -0.137. The third kappa shape index (κ3) is 13.0. The van der Waals surface area contributed by atoms with Crippen molar-refractivity contribution in [1.82, 2.24) is 14.7 Å². The van der Waals surface area contributed by atoms with Crippen molar-refractivity contribution in [2.75, 3.05) is 16.6 Å². The molecule has 2 N–H and O–H groups in total. The van der Waals surface area contributed by atoms with Gasteiger partial charge in [-0.2, -0.15) is 5.10 Å². The van der Waals surface area contributed by atoms with E-state index in [-0.39, 0.29) is 44.9 Å². The molecular formula is C43H60ClN5O8S. The molecule has 1 aliphatic heterocycles. The summed E-state index contributed by atoms with van der Waals surface area (Å²) in [6.07, 6.45) is 19.8. The smallest absolute Gasteiger partial charge is 0.418 e. The molecule has 4 rings (SSSR count). The molecule has 2 aromatic carbocycles. The second kappa shape index (κ2) is 22.1. The molecule has 3 amide bonds. The molecule has 2 heterocycles. The Kier molecular flexibility index (Phi) is 17.6. The fourth-order valence-electron chi connectivity index (χ4n) is 6.93. The highest BCUT2D eigenvalue weighted by atomic mass is 35.5. The van der Waals surface area contributed by atoms with E-state index in [1.165, 1.54) is 132 Å². The first-order valence-corrected chi connectivity index (χ1v) is 22.5. The average Bonchev–Trinajstić information content (AvgIpc) is 3.62. The van der Waals surface area contributed by atoms with Gasteiger partial charge in [0.05, 0.1) is 39.2 Å². The van der Waals surface area contributed by atoms with E-state index in [9.17, 15) is 27.6 Å². The Balaban J connectivity index is 1.43. The Morgan fingerprint density at radius 2 is 1.43 bits per heavy atom. The van der Waals surface area contributed by atoms with Gasteiger partial charge >= 0.3 is 6.09 Å². The second-order valence-corrected chi connectivity index (χ2v) is 17.6. The number of aromatic nitrogens is 2. The van der Waals surface area contributed by atoms with Crippen molar-refractivity contribution in [3.05, 3.63) is 64.9 Å². The number of halogens is 1. The third-order valence-corrected chi connectivity index (χ3v) is 11.9. The number of aryl methyl sites for hydroxylation is 2. The minimum Gasteiger partial charge on any atom is -0.491 e. The number of sulfonamides is 1. The molecule has 3 aromatic rings. The summed E-state index contributed by atoms with van der Waals surface area (Å²) in [5.41, 5.74) is -1.31. The summed E-state index contributed by atoms with van der Waals surface area (Å²) in [6.45, 7) is 6.78. The minimum absolute atomic E-state index is 0.00759. The zero-order valence-corrected chi connectivity index (χ0v) is 36.2. The maximum Gasteiger partial charge on any atom is 0.418 e. The van der Waals surface area contributed by atoms with Crippen molar-refractivity contribution in [1.29, 1.82) is 0 Å². The molecule has 0 aliphatic carbocycles. The number of carbonyl (C=O) groups is 4. The maximum absolute atomic E-state index is 14.2. The number of benzene rings is 2. The number of para-hydroxylation sites is 1. The molecule has 318 valence electrons. The van der Waals surface area contributed by atoms with Crippen LogP contribution >= 0.6 is 11.6 Å². The molecule has 1 aromatic heterocycles. The highest BCUT2D eigenvalue weighted by molar-refractivity contribution is 7.92. The summed E-state index contributed by atoms with van der Waals surface area (Å²) < 4.78 is 42.3. The van der Waals surface area contributed by atoms with Crippen LogP contribution in [0.5, 0.6) is 5.75 Å². The summed E-state index contributed by atoms with van der Waals surface area (Å²) in [6, 6.07) is 8.22. The minimum atomic E-state index is -4.25. The number of anilines is 2. The summed E-state index contributed by atoms with van der Waals surface area (Å²) in [5.74, 6) is -2.73. The number of rotatable bonds is 26. The first-order valence-electron chi connectivity index (χ1n) is 20.6. The van der Waals surface area contributed by atoms with Gasteiger partial charge < -0.3 is 14.8 Å². The molecule has 1 saturated heterocycles. The normalized spacial score (nSPS) is 14.3. The highest BCUT2D eigenvalue weighted by Crippen LogP contribution is 2.33. The number of amides is 3. The molecule has 1 aliphatic rings. The van der Waals surface area contributed by atoms with E-state index in [4.69, 9.17) is 21.1 Å². The van der Waals surface area contributed by atoms with Crippen LogP contribution in [0.2, 0.25) is 5.02 Å². The lowest BCUT2D eigenvalue weighted by Crippen LogP contribution is -2.53. The quantitative estimate of drug-likeness (QED) is 0.0455. The number of nitrogens with one attached hydrogen (secondary N) is 2. The standard InChI is InChI=1S/C43H60ClN5O8S/c1-6-7-8-9-10-11-12-13-14-15-16-17-18-19-20-23-28-56-37-27-26-32(58(54,55)47-35-25-22-21-24-34(35)44)29-36(37)45-40(51)38(39(50)33-30-48(5)46-31(33)2)49-41(52)43(3,4)57-42(49)53/h21-22,24-27,29-30,38,47H,6-20,23,28H2,1-5H3,(H,45,51). The number of unbranched alkanes of at least 4 members (excludes halogenated alkanes) is 15. The van der Waals surface area contributed by atoms with Crippen molar-refractivity contribution in [3.63, 3.8) is 0 Å². The molecule has 15 heteroatoms. The largest absolute Gasteiger partial charge is 0.491 e. The predicted molar refractivity (Wildman–Crippen MR) is 226 cm³/mol. The Morgan fingerprint density at radius 3 is 1.95 bits per heavy atom. The summed E-state index contributed by atoms with van der Waals surface area (Å²) in [4.78, 5) is 55.0. The molecule has 58 heavy (non-hydrogen) atoms. The van der Waals surface area contributed by atoms with Crippen LogP contribution in [0.1, 0.15) is 140 Å². The van der Waals surface area contributed by atoms with E-state index in [2.05, 4.69) is 22.1 Å². The van der Waals surface area contributed by atoms with Gasteiger partial charge in [0, 0.05) is 13.2 Å². The molecule has 0 spiro atoms. The van der Waals surface area contributed by atoms with Crippen LogP contribution in [0, 0.1) is 6.92 Å². The fourth-order valence-corrected chi connectivity index (χ4v) is 8.27. The van der Waals surface area contributed by atoms with Gasteiger partial charge in [-0.3, -0.25) is 23.8 Å². The lowest BCUT2D eigenvalue weighted by Gasteiger charge is -2.23. The van der Waals surface area contributed by atoms with E-state index in [0.717, 1.165) is 19.3 Å². The number of carbonyl (C=O) groups excluding carboxylic acids is 4. The zero-order chi connectivity index (χ0) is 42.3. The SMILES string of the molecule is CCCCCCCCCCCCCCCCCCOc1ccc(S(=O)(=O)Nc2ccccc2Cl)cc1NC(=O)C(C(=O)c1cn(C)nc1C)N1C(=O)OC(C)(C)C1=O. The van der Waals surface area contributed by atoms with Gasteiger partial charge in [-0.15, -0.1) is 0 Å². The monoisotopic (exact) mass is 841 g/mol. The predicted octanol–water partition coefficient (Wildman–Crippen LogP) is 9.77. The van der Waals surface area contributed by atoms with Crippen molar-refractivity contribution in [2.24, 2.45) is 7.05 Å². The molecule has 0 radical (unpaired) electrons. The van der Waals surface area contributed by atoms with Crippen LogP contribution in [0.15, 0.2) is 53.6 Å².